The lowest BCUT2D eigenvalue weighted by molar-refractivity contribution is -0.123. The van der Waals surface area contributed by atoms with Crippen molar-refractivity contribution in [3.8, 4) is 0 Å². The van der Waals surface area contributed by atoms with Crippen molar-refractivity contribution in [3.63, 3.8) is 0 Å². The third-order valence-electron chi connectivity index (χ3n) is 3.46. The minimum Gasteiger partial charge on any atom is -0.396 e. The number of carbonyl (C=O) groups is 1. The monoisotopic (exact) mass is 242 g/mol. The molecule has 0 bridgehead atoms. The van der Waals surface area contributed by atoms with E-state index in [1.807, 2.05) is 0 Å². The molecular formula is C13H26N2O2. The molecule has 1 aliphatic rings. The summed E-state index contributed by atoms with van der Waals surface area (Å²) in [7, 11) is 0. The quantitative estimate of drug-likeness (QED) is 0.648. The van der Waals surface area contributed by atoms with Gasteiger partial charge in [0, 0.05) is 19.1 Å². The van der Waals surface area contributed by atoms with Crippen molar-refractivity contribution < 1.29 is 9.90 Å². The summed E-state index contributed by atoms with van der Waals surface area (Å²) in [5.74, 6) is 0.979. The maximum Gasteiger partial charge on any atom is 0.220 e. The molecule has 4 heteroatoms. The summed E-state index contributed by atoms with van der Waals surface area (Å²) < 4.78 is 0. The SMILES string of the molecule is CC(C)C(CCO)NC(=O)CC1CCCNC1. The van der Waals surface area contributed by atoms with Crippen molar-refractivity contribution in [2.24, 2.45) is 11.8 Å². The third kappa shape index (κ3) is 5.50. The fourth-order valence-corrected chi connectivity index (χ4v) is 2.34. The maximum absolute atomic E-state index is 11.9. The van der Waals surface area contributed by atoms with Crippen molar-refractivity contribution >= 4 is 5.91 Å². The number of aliphatic hydroxyl groups excluding tert-OH is 1. The van der Waals surface area contributed by atoms with Gasteiger partial charge in [-0.05, 0) is 44.2 Å². The lowest BCUT2D eigenvalue weighted by Gasteiger charge is -2.25. The van der Waals surface area contributed by atoms with Gasteiger partial charge in [0.25, 0.3) is 0 Å². The van der Waals surface area contributed by atoms with Crippen molar-refractivity contribution in [3.05, 3.63) is 0 Å². The van der Waals surface area contributed by atoms with E-state index in [2.05, 4.69) is 24.5 Å². The third-order valence-corrected chi connectivity index (χ3v) is 3.46. The molecule has 3 N–H and O–H groups in total. The van der Waals surface area contributed by atoms with Crippen molar-refractivity contribution in [1.29, 1.82) is 0 Å². The number of hydrogen-bond donors (Lipinski definition) is 3. The van der Waals surface area contributed by atoms with Crippen LogP contribution in [0.3, 0.4) is 0 Å². The zero-order valence-electron chi connectivity index (χ0n) is 11.0. The molecular weight excluding hydrogens is 216 g/mol. The molecule has 1 saturated heterocycles. The molecule has 0 aromatic carbocycles. The predicted molar refractivity (Wildman–Crippen MR) is 68.7 cm³/mol. The predicted octanol–water partition coefficient (Wildman–Crippen LogP) is 0.899. The van der Waals surface area contributed by atoms with Crippen LogP contribution in [-0.2, 0) is 4.79 Å². The normalized spacial score (nSPS) is 22.5. The summed E-state index contributed by atoms with van der Waals surface area (Å²) >= 11 is 0. The van der Waals surface area contributed by atoms with Gasteiger partial charge in [-0.25, -0.2) is 0 Å². The minimum atomic E-state index is 0.101. The first-order chi connectivity index (χ1) is 8.13. The first kappa shape index (κ1) is 14.5. The highest BCUT2D eigenvalue weighted by Crippen LogP contribution is 2.14. The van der Waals surface area contributed by atoms with E-state index in [0.717, 1.165) is 19.5 Å². The van der Waals surface area contributed by atoms with Crippen molar-refractivity contribution in [2.75, 3.05) is 19.7 Å². The molecule has 17 heavy (non-hydrogen) atoms. The molecule has 0 aromatic heterocycles. The summed E-state index contributed by atoms with van der Waals surface area (Å²) in [5, 5.41) is 15.3. The fraction of sp³-hybridized carbons (Fsp3) is 0.923. The van der Waals surface area contributed by atoms with Gasteiger partial charge in [0.15, 0.2) is 0 Å². The van der Waals surface area contributed by atoms with Gasteiger partial charge in [0.2, 0.25) is 5.91 Å². The van der Waals surface area contributed by atoms with Gasteiger partial charge >= 0.3 is 0 Å². The standard InChI is InChI=1S/C13H26N2O2/c1-10(2)12(5-7-16)15-13(17)8-11-4-3-6-14-9-11/h10-12,14,16H,3-9H2,1-2H3,(H,15,17). The van der Waals surface area contributed by atoms with Gasteiger partial charge in [-0.2, -0.15) is 0 Å². The van der Waals surface area contributed by atoms with Crippen LogP contribution in [0.1, 0.15) is 39.5 Å². The van der Waals surface area contributed by atoms with Crippen LogP contribution in [0.4, 0.5) is 0 Å². The molecule has 2 unspecified atom stereocenters. The Kier molecular flexibility index (Phi) is 6.52. The molecule has 0 aliphatic carbocycles. The van der Waals surface area contributed by atoms with Crippen LogP contribution in [0.15, 0.2) is 0 Å². The number of hydrogen-bond acceptors (Lipinski definition) is 3. The highest BCUT2D eigenvalue weighted by Gasteiger charge is 2.20. The zero-order valence-corrected chi connectivity index (χ0v) is 11.0. The smallest absolute Gasteiger partial charge is 0.220 e. The van der Waals surface area contributed by atoms with Crippen LogP contribution in [0.5, 0.6) is 0 Å². The van der Waals surface area contributed by atoms with Crippen LogP contribution in [0.25, 0.3) is 0 Å². The van der Waals surface area contributed by atoms with Gasteiger partial charge in [-0.1, -0.05) is 13.8 Å². The van der Waals surface area contributed by atoms with Gasteiger partial charge < -0.3 is 15.7 Å². The zero-order chi connectivity index (χ0) is 12.7. The van der Waals surface area contributed by atoms with Crippen molar-refractivity contribution in [1.82, 2.24) is 10.6 Å². The van der Waals surface area contributed by atoms with E-state index in [9.17, 15) is 4.79 Å². The van der Waals surface area contributed by atoms with Crippen LogP contribution in [-0.4, -0.2) is 36.8 Å². The Morgan fingerprint density at radius 2 is 2.29 bits per heavy atom. The number of amides is 1. The van der Waals surface area contributed by atoms with E-state index in [4.69, 9.17) is 5.11 Å². The van der Waals surface area contributed by atoms with E-state index in [0.29, 0.717) is 24.7 Å². The van der Waals surface area contributed by atoms with E-state index in [-0.39, 0.29) is 18.6 Å². The topological polar surface area (TPSA) is 61.4 Å². The Morgan fingerprint density at radius 1 is 1.53 bits per heavy atom. The summed E-state index contributed by atoms with van der Waals surface area (Å²) in [5.41, 5.74) is 0. The molecule has 1 heterocycles. The second-order valence-corrected chi connectivity index (χ2v) is 5.35. The molecule has 100 valence electrons. The molecule has 0 spiro atoms. The van der Waals surface area contributed by atoms with Crippen molar-refractivity contribution in [2.45, 2.75) is 45.6 Å². The second-order valence-electron chi connectivity index (χ2n) is 5.35. The first-order valence-electron chi connectivity index (χ1n) is 6.74. The lowest BCUT2D eigenvalue weighted by atomic mass is 9.95. The molecule has 1 amide bonds. The number of carbonyl (C=O) groups excluding carboxylic acids is 1. The van der Waals surface area contributed by atoms with E-state index >= 15 is 0 Å². The molecule has 0 saturated carbocycles. The highest BCUT2D eigenvalue weighted by atomic mass is 16.3. The molecule has 0 aromatic rings. The van der Waals surface area contributed by atoms with Gasteiger partial charge in [0.1, 0.15) is 0 Å². The maximum atomic E-state index is 11.9. The Hall–Kier alpha value is -0.610. The number of nitrogens with one attached hydrogen (secondary N) is 2. The van der Waals surface area contributed by atoms with Gasteiger partial charge in [-0.15, -0.1) is 0 Å². The van der Waals surface area contributed by atoms with E-state index in [1.54, 1.807) is 0 Å². The average molecular weight is 242 g/mol. The minimum absolute atomic E-state index is 0.101. The Morgan fingerprint density at radius 3 is 2.82 bits per heavy atom. The summed E-state index contributed by atoms with van der Waals surface area (Å²) in [4.78, 5) is 11.9. The van der Waals surface area contributed by atoms with Gasteiger partial charge in [-0.3, -0.25) is 4.79 Å². The lowest BCUT2D eigenvalue weighted by Crippen LogP contribution is -2.41. The van der Waals surface area contributed by atoms with Gasteiger partial charge in [0.05, 0.1) is 0 Å². The summed E-state index contributed by atoms with van der Waals surface area (Å²) in [6.45, 7) is 6.32. The first-order valence-corrected chi connectivity index (χ1v) is 6.74. The summed E-state index contributed by atoms with van der Waals surface area (Å²) in [6, 6.07) is 0.101. The second kappa shape index (κ2) is 7.67. The van der Waals surface area contributed by atoms with E-state index < -0.39 is 0 Å². The average Bonchev–Trinajstić information content (AvgIpc) is 2.29. The Bertz CT molecular complexity index is 225. The van der Waals surface area contributed by atoms with Crippen LogP contribution in [0, 0.1) is 11.8 Å². The largest absolute Gasteiger partial charge is 0.396 e. The highest BCUT2D eigenvalue weighted by molar-refractivity contribution is 5.76. The van der Waals surface area contributed by atoms with E-state index in [1.165, 1.54) is 6.42 Å². The van der Waals surface area contributed by atoms with Crippen LogP contribution in [0.2, 0.25) is 0 Å². The summed E-state index contributed by atoms with van der Waals surface area (Å²) in [6.07, 6.45) is 3.57. The molecule has 1 fully saturated rings. The Labute approximate surface area is 104 Å². The Balaban J connectivity index is 2.30. The van der Waals surface area contributed by atoms with Crippen LogP contribution < -0.4 is 10.6 Å². The molecule has 0 radical (unpaired) electrons. The number of piperidine rings is 1. The number of rotatable bonds is 6. The fourth-order valence-electron chi connectivity index (χ4n) is 2.34. The molecule has 2 atom stereocenters. The molecule has 1 rings (SSSR count). The molecule has 4 nitrogen and oxygen atoms in total. The van der Waals surface area contributed by atoms with Crippen LogP contribution >= 0.6 is 0 Å². The number of aliphatic hydroxyl groups is 1. The molecule has 1 aliphatic heterocycles.